The molecule has 0 saturated carbocycles. The Kier molecular flexibility index (Phi) is 6.03. The van der Waals surface area contributed by atoms with Gasteiger partial charge in [0.2, 0.25) is 11.8 Å². The first-order chi connectivity index (χ1) is 12.9. The van der Waals surface area contributed by atoms with Crippen molar-refractivity contribution < 1.29 is 9.59 Å². The van der Waals surface area contributed by atoms with Gasteiger partial charge < -0.3 is 9.80 Å². The van der Waals surface area contributed by atoms with Crippen LogP contribution in [-0.2, 0) is 16.1 Å². The Morgan fingerprint density at radius 2 is 1.96 bits per heavy atom. The Labute approximate surface area is 163 Å². The highest BCUT2D eigenvalue weighted by molar-refractivity contribution is 5.86. The fraction of sp³-hybridized carbons (Fsp3) is 0.565. The number of carbonyl (C=O) groups excluding carboxylic acids is 2. The predicted molar refractivity (Wildman–Crippen MR) is 108 cm³/mol. The van der Waals surface area contributed by atoms with E-state index in [0.717, 1.165) is 25.8 Å². The van der Waals surface area contributed by atoms with E-state index < -0.39 is 0 Å². The zero-order valence-corrected chi connectivity index (χ0v) is 16.7. The Hall–Kier alpha value is -2.10. The Balaban J connectivity index is 1.65. The van der Waals surface area contributed by atoms with Gasteiger partial charge in [-0.25, -0.2) is 0 Å². The minimum Gasteiger partial charge on any atom is -0.342 e. The van der Waals surface area contributed by atoms with E-state index in [1.807, 2.05) is 9.80 Å². The number of hydrogen-bond donors (Lipinski definition) is 0. The standard InChI is InChI=1S/C23H32N2O2/c1-4-5-7-21(26)25-15-13-23(17-25)12-6-14-24(22(23)27)16-19-8-10-20(11-9-19)18(2)3/h4,8-11,18H,1,5-7,12-17H2,2-3H3/t23-/m1/s1. The molecule has 2 heterocycles. The number of hydrogen-bond acceptors (Lipinski definition) is 2. The third-order valence-electron chi connectivity index (χ3n) is 6.11. The lowest BCUT2D eigenvalue weighted by Crippen LogP contribution is -2.50. The molecular formula is C23H32N2O2. The van der Waals surface area contributed by atoms with E-state index in [1.165, 1.54) is 11.1 Å². The van der Waals surface area contributed by atoms with Crippen LogP contribution >= 0.6 is 0 Å². The van der Waals surface area contributed by atoms with Crippen molar-refractivity contribution >= 4 is 11.8 Å². The number of carbonyl (C=O) groups is 2. The van der Waals surface area contributed by atoms with Crippen molar-refractivity contribution in [1.82, 2.24) is 9.80 Å². The molecule has 2 amide bonds. The Morgan fingerprint density at radius 3 is 2.63 bits per heavy atom. The number of amides is 2. The van der Waals surface area contributed by atoms with Crippen LogP contribution in [0.4, 0.5) is 0 Å². The second kappa shape index (κ2) is 8.28. The number of benzene rings is 1. The first-order valence-electron chi connectivity index (χ1n) is 10.2. The lowest BCUT2D eigenvalue weighted by Gasteiger charge is -2.39. The molecule has 2 fully saturated rings. The van der Waals surface area contributed by atoms with Crippen LogP contribution in [0.1, 0.15) is 63.0 Å². The molecule has 2 aliphatic heterocycles. The second-order valence-corrected chi connectivity index (χ2v) is 8.40. The van der Waals surface area contributed by atoms with E-state index >= 15 is 0 Å². The summed E-state index contributed by atoms with van der Waals surface area (Å²) in [7, 11) is 0. The normalized spacial score (nSPS) is 22.7. The van der Waals surface area contributed by atoms with Crippen LogP contribution in [0, 0.1) is 5.41 Å². The average Bonchev–Trinajstić information content (AvgIpc) is 3.09. The zero-order chi connectivity index (χ0) is 19.4. The predicted octanol–water partition coefficient (Wildman–Crippen LogP) is 4.12. The topological polar surface area (TPSA) is 40.6 Å². The van der Waals surface area contributed by atoms with E-state index in [1.54, 1.807) is 6.08 Å². The summed E-state index contributed by atoms with van der Waals surface area (Å²) in [6.07, 6.45) is 5.70. The molecule has 0 bridgehead atoms. The lowest BCUT2D eigenvalue weighted by atomic mass is 9.78. The van der Waals surface area contributed by atoms with Crippen molar-refractivity contribution in [3.8, 4) is 0 Å². The van der Waals surface area contributed by atoms with E-state index in [-0.39, 0.29) is 17.2 Å². The number of piperidine rings is 1. The first-order valence-corrected chi connectivity index (χ1v) is 10.2. The molecule has 0 unspecified atom stereocenters. The summed E-state index contributed by atoms with van der Waals surface area (Å²) in [4.78, 5) is 29.5. The smallest absolute Gasteiger partial charge is 0.230 e. The van der Waals surface area contributed by atoms with Crippen LogP contribution < -0.4 is 0 Å². The average molecular weight is 369 g/mol. The van der Waals surface area contributed by atoms with Crippen molar-refractivity contribution in [2.45, 2.75) is 58.4 Å². The van der Waals surface area contributed by atoms with Crippen LogP contribution in [0.25, 0.3) is 0 Å². The molecule has 27 heavy (non-hydrogen) atoms. The molecule has 1 spiro atoms. The highest BCUT2D eigenvalue weighted by Gasteiger charge is 2.49. The van der Waals surface area contributed by atoms with Crippen molar-refractivity contribution in [2.24, 2.45) is 5.41 Å². The van der Waals surface area contributed by atoms with Crippen LogP contribution in [0.2, 0.25) is 0 Å². The second-order valence-electron chi connectivity index (χ2n) is 8.40. The summed E-state index contributed by atoms with van der Waals surface area (Å²) in [6.45, 7) is 10.8. The van der Waals surface area contributed by atoms with Gasteiger partial charge in [0, 0.05) is 32.6 Å². The fourth-order valence-corrected chi connectivity index (χ4v) is 4.38. The molecule has 0 N–H and O–H groups in total. The highest BCUT2D eigenvalue weighted by Crippen LogP contribution is 2.40. The highest BCUT2D eigenvalue weighted by atomic mass is 16.2. The van der Waals surface area contributed by atoms with Gasteiger partial charge in [-0.2, -0.15) is 0 Å². The maximum absolute atomic E-state index is 13.3. The first kappa shape index (κ1) is 19.7. The van der Waals surface area contributed by atoms with Gasteiger partial charge in [-0.05, 0) is 42.7 Å². The van der Waals surface area contributed by atoms with Gasteiger partial charge in [0.15, 0.2) is 0 Å². The van der Waals surface area contributed by atoms with Gasteiger partial charge >= 0.3 is 0 Å². The summed E-state index contributed by atoms with van der Waals surface area (Å²) in [5.41, 5.74) is 2.14. The van der Waals surface area contributed by atoms with Gasteiger partial charge in [0.1, 0.15) is 0 Å². The largest absolute Gasteiger partial charge is 0.342 e. The zero-order valence-electron chi connectivity index (χ0n) is 16.7. The molecule has 146 valence electrons. The lowest BCUT2D eigenvalue weighted by molar-refractivity contribution is -0.146. The third-order valence-corrected chi connectivity index (χ3v) is 6.11. The Bertz CT molecular complexity index is 695. The molecular weight excluding hydrogens is 336 g/mol. The van der Waals surface area contributed by atoms with E-state index in [2.05, 4.69) is 44.7 Å². The Morgan fingerprint density at radius 1 is 1.22 bits per heavy atom. The maximum atomic E-state index is 13.3. The summed E-state index contributed by atoms with van der Waals surface area (Å²) < 4.78 is 0. The molecule has 1 aromatic carbocycles. The number of nitrogens with zero attached hydrogens (tertiary/aromatic N) is 2. The molecule has 2 aliphatic rings. The summed E-state index contributed by atoms with van der Waals surface area (Å²) in [5, 5.41) is 0. The molecule has 0 aliphatic carbocycles. The van der Waals surface area contributed by atoms with Crippen LogP contribution in [-0.4, -0.2) is 41.2 Å². The molecule has 3 rings (SSSR count). The number of rotatable bonds is 6. The molecule has 1 aromatic rings. The quantitative estimate of drug-likeness (QED) is 0.709. The van der Waals surface area contributed by atoms with Crippen molar-refractivity contribution in [3.63, 3.8) is 0 Å². The summed E-state index contributed by atoms with van der Waals surface area (Å²) in [6, 6.07) is 8.62. The van der Waals surface area contributed by atoms with E-state index in [0.29, 0.717) is 38.4 Å². The minimum atomic E-state index is -0.361. The van der Waals surface area contributed by atoms with Crippen LogP contribution in [0.15, 0.2) is 36.9 Å². The van der Waals surface area contributed by atoms with Crippen molar-refractivity contribution in [3.05, 3.63) is 48.0 Å². The fourth-order valence-electron chi connectivity index (χ4n) is 4.38. The van der Waals surface area contributed by atoms with Gasteiger partial charge in [-0.3, -0.25) is 9.59 Å². The van der Waals surface area contributed by atoms with Crippen LogP contribution in [0.5, 0.6) is 0 Å². The molecule has 4 nitrogen and oxygen atoms in total. The SMILES string of the molecule is C=CCCC(=O)N1CC[C@]2(CCCN(Cc3ccc(C(C)C)cc3)C2=O)C1. The van der Waals surface area contributed by atoms with E-state index in [9.17, 15) is 9.59 Å². The van der Waals surface area contributed by atoms with Gasteiger partial charge in [0.05, 0.1) is 5.41 Å². The van der Waals surface area contributed by atoms with Gasteiger partial charge in [0.25, 0.3) is 0 Å². The molecule has 4 heteroatoms. The molecule has 0 aromatic heterocycles. The number of likely N-dealkylation sites (tertiary alicyclic amines) is 2. The maximum Gasteiger partial charge on any atom is 0.230 e. The van der Waals surface area contributed by atoms with Crippen molar-refractivity contribution in [1.29, 1.82) is 0 Å². The van der Waals surface area contributed by atoms with Crippen LogP contribution in [0.3, 0.4) is 0 Å². The van der Waals surface area contributed by atoms with Gasteiger partial charge in [-0.15, -0.1) is 6.58 Å². The molecule has 2 saturated heterocycles. The van der Waals surface area contributed by atoms with E-state index in [4.69, 9.17) is 0 Å². The van der Waals surface area contributed by atoms with Crippen molar-refractivity contribution in [2.75, 3.05) is 19.6 Å². The summed E-state index contributed by atoms with van der Waals surface area (Å²) in [5.74, 6) is 0.906. The molecule has 0 radical (unpaired) electrons. The molecule has 1 atom stereocenters. The van der Waals surface area contributed by atoms with Gasteiger partial charge in [-0.1, -0.05) is 44.2 Å². The minimum absolute atomic E-state index is 0.154. The summed E-state index contributed by atoms with van der Waals surface area (Å²) >= 11 is 0. The monoisotopic (exact) mass is 368 g/mol. The third kappa shape index (κ3) is 4.26. The number of allylic oxidation sites excluding steroid dienone is 1.